The van der Waals surface area contributed by atoms with E-state index in [-0.39, 0.29) is 6.42 Å². The van der Waals surface area contributed by atoms with E-state index in [1.807, 2.05) is 6.92 Å². The summed E-state index contributed by atoms with van der Waals surface area (Å²) < 4.78 is 25.2. The van der Waals surface area contributed by atoms with Crippen molar-refractivity contribution in [1.82, 2.24) is 0 Å². The molecule has 0 aliphatic rings. The smallest absolute Gasteiger partial charge is 0.339 e. The number of aliphatic hydroxyl groups is 3. The number of rotatable bonds is 6. The highest BCUT2D eigenvalue weighted by Gasteiger charge is 2.50. The molecule has 3 nitrogen and oxygen atoms in total. The van der Waals surface area contributed by atoms with Crippen LogP contribution in [0.5, 0.6) is 0 Å². The zero-order valence-electron chi connectivity index (χ0n) is 7.63. The van der Waals surface area contributed by atoms with Gasteiger partial charge in [0.25, 0.3) is 0 Å². The van der Waals surface area contributed by atoms with Gasteiger partial charge in [-0.2, -0.15) is 8.78 Å². The van der Waals surface area contributed by atoms with Crippen LogP contribution in [0.25, 0.3) is 0 Å². The molecule has 0 atom stereocenters. The molecule has 0 amide bonds. The standard InChI is InChI=1S/C8H16F2O3/c1-2-3-4-5-6-7(9,10)8(11,12)13/h11-13H,2-6H2,1H3. The Kier molecular flexibility index (Phi) is 4.74. The van der Waals surface area contributed by atoms with Gasteiger partial charge in [0, 0.05) is 6.42 Å². The minimum Gasteiger partial charge on any atom is -0.339 e. The third-order valence-corrected chi connectivity index (χ3v) is 1.84. The summed E-state index contributed by atoms with van der Waals surface area (Å²) in [4.78, 5) is 0. The minimum absolute atomic E-state index is 0.171. The lowest BCUT2D eigenvalue weighted by Crippen LogP contribution is -2.47. The normalized spacial score (nSPS) is 13.4. The largest absolute Gasteiger partial charge is 0.343 e. The third-order valence-electron chi connectivity index (χ3n) is 1.84. The van der Waals surface area contributed by atoms with Crippen LogP contribution in [0.1, 0.15) is 39.0 Å². The maximum atomic E-state index is 12.6. The van der Waals surface area contributed by atoms with Crippen molar-refractivity contribution in [1.29, 1.82) is 0 Å². The molecule has 0 spiro atoms. The Labute approximate surface area is 76.0 Å². The van der Waals surface area contributed by atoms with Gasteiger partial charge < -0.3 is 15.3 Å². The molecule has 0 aliphatic carbocycles. The Morgan fingerprint density at radius 3 is 1.92 bits per heavy atom. The average Bonchev–Trinajstić information content (AvgIpc) is 1.96. The zero-order valence-corrected chi connectivity index (χ0v) is 7.63. The zero-order chi connectivity index (χ0) is 10.5. The second-order valence-corrected chi connectivity index (χ2v) is 3.15. The fourth-order valence-corrected chi connectivity index (χ4v) is 0.942. The highest BCUT2D eigenvalue weighted by Crippen LogP contribution is 2.30. The quantitative estimate of drug-likeness (QED) is 0.444. The Morgan fingerprint density at radius 2 is 1.54 bits per heavy atom. The van der Waals surface area contributed by atoms with Crippen molar-refractivity contribution in [2.45, 2.75) is 50.9 Å². The van der Waals surface area contributed by atoms with E-state index >= 15 is 0 Å². The van der Waals surface area contributed by atoms with Gasteiger partial charge in [0.15, 0.2) is 0 Å². The van der Waals surface area contributed by atoms with E-state index in [9.17, 15) is 8.78 Å². The molecule has 0 aromatic carbocycles. The topological polar surface area (TPSA) is 60.7 Å². The predicted molar refractivity (Wildman–Crippen MR) is 43.1 cm³/mol. The molecule has 5 heteroatoms. The minimum atomic E-state index is -3.89. The van der Waals surface area contributed by atoms with Gasteiger partial charge in [0.2, 0.25) is 0 Å². The lowest BCUT2D eigenvalue weighted by Gasteiger charge is -2.25. The first kappa shape index (κ1) is 12.7. The van der Waals surface area contributed by atoms with Gasteiger partial charge in [-0.1, -0.05) is 26.2 Å². The number of hydrogen-bond donors (Lipinski definition) is 3. The van der Waals surface area contributed by atoms with E-state index in [0.717, 1.165) is 12.8 Å². The maximum absolute atomic E-state index is 12.6. The van der Waals surface area contributed by atoms with Crippen molar-refractivity contribution in [2.24, 2.45) is 0 Å². The highest BCUT2D eigenvalue weighted by atomic mass is 19.3. The summed E-state index contributed by atoms with van der Waals surface area (Å²) in [5.41, 5.74) is 0. The number of alkyl halides is 2. The summed E-state index contributed by atoms with van der Waals surface area (Å²) in [6, 6.07) is 0. The fourth-order valence-electron chi connectivity index (χ4n) is 0.942. The van der Waals surface area contributed by atoms with Crippen LogP contribution >= 0.6 is 0 Å². The van der Waals surface area contributed by atoms with Crippen LogP contribution < -0.4 is 0 Å². The van der Waals surface area contributed by atoms with Crippen molar-refractivity contribution in [3.05, 3.63) is 0 Å². The van der Waals surface area contributed by atoms with E-state index in [4.69, 9.17) is 15.3 Å². The second kappa shape index (κ2) is 4.83. The monoisotopic (exact) mass is 198 g/mol. The van der Waals surface area contributed by atoms with Gasteiger partial charge in [-0.05, 0) is 6.42 Å². The van der Waals surface area contributed by atoms with Gasteiger partial charge >= 0.3 is 11.9 Å². The molecule has 0 radical (unpaired) electrons. The second-order valence-electron chi connectivity index (χ2n) is 3.15. The van der Waals surface area contributed by atoms with E-state index in [1.54, 1.807) is 0 Å². The SMILES string of the molecule is CCCCCCC(F)(F)C(O)(O)O. The Hall–Kier alpha value is -0.260. The molecule has 80 valence electrons. The third kappa shape index (κ3) is 4.50. The molecule has 0 aliphatic heterocycles. The lowest BCUT2D eigenvalue weighted by molar-refractivity contribution is -0.407. The Bertz CT molecular complexity index is 143. The molecule has 0 aromatic heterocycles. The summed E-state index contributed by atoms with van der Waals surface area (Å²) in [6.45, 7) is 1.94. The summed E-state index contributed by atoms with van der Waals surface area (Å²) in [5.74, 6) is -7.74. The molecule has 0 aromatic rings. The van der Waals surface area contributed by atoms with E-state index in [2.05, 4.69) is 0 Å². The molecule has 0 heterocycles. The van der Waals surface area contributed by atoms with Crippen molar-refractivity contribution in [2.75, 3.05) is 0 Å². The van der Waals surface area contributed by atoms with Gasteiger partial charge in [-0.15, -0.1) is 0 Å². The molecule has 3 N–H and O–H groups in total. The van der Waals surface area contributed by atoms with Crippen molar-refractivity contribution in [3.8, 4) is 0 Å². The van der Waals surface area contributed by atoms with Crippen LogP contribution in [0, 0.1) is 0 Å². The molecular weight excluding hydrogens is 182 g/mol. The Balaban J connectivity index is 3.77. The number of halogens is 2. The number of hydrogen-bond acceptors (Lipinski definition) is 3. The van der Waals surface area contributed by atoms with Crippen LogP contribution in [0.15, 0.2) is 0 Å². The summed E-state index contributed by atoms with van der Waals surface area (Å²) in [5, 5.41) is 24.8. The lowest BCUT2D eigenvalue weighted by atomic mass is 10.1. The fraction of sp³-hybridized carbons (Fsp3) is 1.00. The van der Waals surface area contributed by atoms with Crippen LogP contribution in [-0.4, -0.2) is 27.2 Å². The maximum Gasteiger partial charge on any atom is 0.343 e. The summed E-state index contributed by atoms with van der Waals surface area (Å²) in [6.07, 6.45) is 1.79. The molecule has 0 rings (SSSR count). The van der Waals surface area contributed by atoms with Crippen LogP contribution in [0.2, 0.25) is 0 Å². The van der Waals surface area contributed by atoms with Crippen LogP contribution in [0.3, 0.4) is 0 Å². The highest BCUT2D eigenvalue weighted by molar-refractivity contribution is 4.73. The van der Waals surface area contributed by atoms with Gasteiger partial charge in [-0.3, -0.25) is 0 Å². The van der Waals surface area contributed by atoms with E-state index in [1.165, 1.54) is 0 Å². The van der Waals surface area contributed by atoms with Crippen LogP contribution in [-0.2, 0) is 0 Å². The number of unbranched alkanes of at least 4 members (excludes halogenated alkanes) is 3. The molecular formula is C8H16F2O3. The summed E-state index contributed by atoms with van der Waals surface area (Å²) >= 11 is 0. The first-order chi connectivity index (χ1) is 5.81. The predicted octanol–water partition coefficient (Wildman–Crippen LogP) is 1.22. The van der Waals surface area contributed by atoms with Gasteiger partial charge in [-0.25, -0.2) is 0 Å². The van der Waals surface area contributed by atoms with Crippen molar-refractivity contribution in [3.63, 3.8) is 0 Å². The molecule has 13 heavy (non-hydrogen) atoms. The van der Waals surface area contributed by atoms with Crippen LogP contribution in [0.4, 0.5) is 8.78 Å². The molecule has 0 fully saturated rings. The first-order valence-electron chi connectivity index (χ1n) is 4.36. The first-order valence-corrected chi connectivity index (χ1v) is 4.36. The van der Waals surface area contributed by atoms with Crippen molar-refractivity contribution >= 4 is 0 Å². The van der Waals surface area contributed by atoms with E-state index in [0.29, 0.717) is 6.42 Å². The molecule has 0 unspecified atom stereocenters. The van der Waals surface area contributed by atoms with Gasteiger partial charge in [0.1, 0.15) is 0 Å². The molecule has 0 saturated carbocycles. The van der Waals surface area contributed by atoms with E-state index < -0.39 is 18.3 Å². The molecule has 0 saturated heterocycles. The average molecular weight is 198 g/mol. The van der Waals surface area contributed by atoms with Gasteiger partial charge in [0.05, 0.1) is 0 Å². The molecule has 0 bridgehead atoms. The summed E-state index contributed by atoms with van der Waals surface area (Å²) in [7, 11) is 0. The van der Waals surface area contributed by atoms with Crippen molar-refractivity contribution < 1.29 is 24.1 Å². The Morgan fingerprint density at radius 1 is 1.00 bits per heavy atom.